The van der Waals surface area contributed by atoms with E-state index in [9.17, 15) is 4.79 Å². The smallest absolute Gasteiger partial charge is 0.269 e. The van der Waals surface area contributed by atoms with Gasteiger partial charge in [0.2, 0.25) is 0 Å². The van der Waals surface area contributed by atoms with Crippen molar-refractivity contribution < 1.29 is 9.53 Å². The van der Waals surface area contributed by atoms with Crippen LogP contribution in [0.2, 0.25) is 5.15 Å². The number of pyridine rings is 1. The number of hydrogen-bond donors (Lipinski definition) is 2. The van der Waals surface area contributed by atoms with Crippen molar-refractivity contribution in [2.24, 2.45) is 0 Å². The highest BCUT2D eigenvalue weighted by Gasteiger charge is 2.31. The van der Waals surface area contributed by atoms with Crippen molar-refractivity contribution in [1.29, 1.82) is 0 Å². The molecule has 0 bridgehead atoms. The van der Waals surface area contributed by atoms with E-state index >= 15 is 0 Å². The van der Waals surface area contributed by atoms with Crippen LogP contribution in [0.25, 0.3) is 11.4 Å². The SMILES string of the molecule is CNC(=O)c1cc(-c2cc(C3(C)CNCCO3)cc(Cl)n2)ncn1. The zero-order valence-electron chi connectivity index (χ0n) is 13.5. The average molecular weight is 348 g/mol. The van der Waals surface area contributed by atoms with Crippen molar-refractivity contribution in [3.63, 3.8) is 0 Å². The Bertz CT molecular complexity index is 762. The van der Waals surface area contributed by atoms with Gasteiger partial charge in [-0.1, -0.05) is 11.6 Å². The van der Waals surface area contributed by atoms with Crippen LogP contribution in [0.4, 0.5) is 0 Å². The van der Waals surface area contributed by atoms with Crippen LogP contribution in [0.5, 0.6) is 0 Å². The molecule has 3 heterocycles. The van der Waals surface area contributed by atoms with Crippen LogP contribution in [-0.4, -0.2) is 47.6 Å². The van der Waals surface area contributed by atoms with Gasteiger partial charge in [0.25, 0.3) is 5.91 Å². The Hall–Kier alpha value is -2.09. The van der Waals surface area contributed by atoms with Crippen LogP contribution in [0, 0.1) is 0 Å². The predicted octanol–water partition coefficient (Wildman–Crippen LogP) is 1.39. The second-order valence-corrected chi connectivity index (χ2v) is 6.07. The predicted molar refractivity (Wildman–Crippen MR) is 89.8 cm³/mol. The first-order valence-corrected chi connectivity index (χ1v) is 7.97. The molecule has 1 saturated heterocycles. The van der Waals surface area contributed by atoms with Gasteiger partial charge in [0.1, 0.15) is 22.8 Å². The van der Waals surface area contributed by atoms with E-state index in [1.54, 1.807) is 19.2 Å². The zero-order chi connectivity index (χ0) is 17.2. The molecular weight excluding hydrogens is 330 g/mol. The maximum atomic E-state index is 11.8. The number of ether oxygens (including phenoxy) is 1. The van der Waals surface area contributed by atoms with Gasteiger partial charge < -0.3 is 15.4 Å². The van der Waals surface area contributed by atoms with E-state index in [0.29, 0.717) is 29.7 Å². The summed E-state index contributed by atoms with van der Waals surface area (Å²) < 4.78 is 5.93. The molecule has 0 aliphatic carbocycles. The number of halogens is 1. The van der Waals surface area contributed by atoms with Crippen LogP contribution in [0.3, 0.4) is 0 Å². The van der Waals surface area contributed by atoms with E-state index in [0.717, 1.165) is 12.1 Å². The third-order valence-electron chi connectivity index (χ3n) is 3.96. The number of nitrogens with one attached hydrogen (secondary N) is 2. The lowest BCUT2D eigenvalue weighted by atomic mass is 9.94. The lowest BCUT2D eigenvalue weighted by Gasteiger charge is -2.35. The standard InChI is InChI=1S/C16H18ClN5O2/c1-16(8-19-3-4-24-16)10-5-12(22-14(17)6-10)11-7-13(15(23)18-2)21-9-20-11/h5-7,9,19H,3-4,8H2,1-2H3,(H,18,23). The molecule has 1 amide bonds. The molecule has 7 nitrogen and oxygen atoms in total. The number of aromatic nitrogens is 3. The first-order valence-electron chi connectivity index (χ1n) is 7.59. The number of morpholine rings is 1. The molecule has 1 aliphatic heterocycles. The number of nitrogens with zero attached hydrogens (tertiary/aromatic N) is 3. The van der Waals surface area contributed by atoms with Crippen molar-refractivity contribution in [2.45, 2.75) is 12.5 Å². The second-order valence-electron chi connectivity index (χ2n) is 5.69. The molecule has 0 spiro atoms. The van der Waals surface area contributed by atoms with E-state index in [1.807, 2.05) is 13.0 Å². The molecule has 126 valence electrons. The minimum atomic E-state index is -0.490. The summed E-state index contributed by atoms with van der Waals surface area (Å²) in [5, 5.41) is 6.20. The molecular formula is C16H18ClN5O2. The third kappa shape index (κ3) is 3.38. The van der Waals surface area contributed by atoms with Crippen molar-refractivity contribution in [2.75, 3.05) is 26.7 Å². The highest BCUT2D eigenvalue weighted by atomic mass is 35.5. The maximum Gasteiger partial charge on any atom is 0.269 e. The molecule has 0 radical (unpaired) electrons. The van der Waals surface area contributed by atoms with Crippen LogP contribution in [0.15, 0.2) is 24.5 Å². The van der Waals surface area contributed by atoms with Crippen LogP contribution in [0.1, 0.15) is 23.0 Å². The fourth-order valence-corrected chi connectivity index (χ4v) is 2.80. The minimum absolute atomic E-state index is 0.271. The number of carbonyl (C=O) groups is 1. The Kier molecular flexibility index (Phi) is 4.75. The maximum absolute atomic E-state index is 11.8. The van der Waals surface area contributed by atoms with Gasteiger partial charge in [0.15, 0.2) is 0 Å². The average Bonchev–Trinajstić information content (AvgIpc) is 2.61. The van der Waals surface area contributed by atoms with E-state index in [4.69, 9.17) is 16.3 Å². The van der Waals surface area contributed by atoms with Gasteiger partial charge in [-0.3, -0.25) is 4.79 Å². The first kappa shape index (κ1) is 16.8. The number of carbonyl (C=O) groups excluding carboxylic acids is 1. The monoisotopic (exact) mass is 347 g/mol. The number of amides is 1. The molecule has 3 rings (SSSR count). The van der Waals surface area contributed by atoms with E-state index in [-0.39, 0.29) is 11.6 Å². The summed E-state index contributed by atoms with van der Waals surface area (Å²) in [5.41, 5.74) is 1.79. The van der Waals surface area contributed by atoms with Crippen LogP contribution < -0.4 is 10.6 Å². The Balaban J connectivity index is 2.01. The van der Waals surface area contributed by atoms with Gasteiger partial charge >= 0.3 is 0 Å². The molecule has 0 aromatic carbocycles. The van der Waals surface area contributed by atoms with Crippen molar-refractivity contribution in [1.82, 2.24) is 25.6 Å². The Morgan fingerprint density at radius 1 is 1.33 bits per heavy atom. The Morgan fingerprint density at radius 2 is 2.17 bits per heavy atom. The van der Waals surface area contributed by atoms with Gasteiger partial charge in [-0.15, -0.1) is 0 Å². The van der Waals surface area contributed by atoms with Gasteiger partial charge in [-0.2, -0.15) is 0 Å². The Morgan fingerprint density at radius 3 is 2.88 bits per heavy atom. The molecule has 2 N–H and O–H groups in total. The van der Waals surface area contributed by atoms with Crippen molar-refractivity contribution in [3.8, 4) is 11.4 Å². The lowest BCUT2D eigenvalue weighted by molar-refractivity contribution is -0.0572. The first-order chi connectivity index (χ1) is 11.5. The molecule has 0 saturated carbocycles. The molecule has 1 atom stereocenters. The van der Waals surface area contributed by atoms with Crippen LogP contribution in [-0.2, 0) is 10.3 Å². The second kappa shape index (κ2) is 6.80. The van der Waals surface area contributed by atoms with E-state index in [1.165, 1.54) is 6.33 Å². The number of rotatable bonds is 3. The molecule has 8 heteroatoms. The molecule has 1 unspecified atom stereocenters. The van der Waals surface area contributed by atoms with Gasteiger partial charge in [0.05, 0.1) is 18.0 Å². The Labute approximate surface area is 144 Å². The fraction of sp³-hybridized carbons (Fsp3) is 0.375. The zero-order valence-corrected chi connectivity index (χ0v) is 14.2. The highest BCUT2D eigenvalue weighted by molar-refractivity contribution is 6.29. The molecule has 2 aromatic rings. The summed E-state index contributed by atoms with van der Waals surface area (Å²) in [5.74, 6) is -0.285. The van der Waals surface area contributed by atoms with Gasteiger partial charge in [-0.05, 0) is 30.7 Å². The highest BCUT2D eigenvalue weighted by Crippen LogP contribution is 2.30. The van der Waals surface area contributed by atoms with Crippen LogP contribution >= 0.6 is 11.6 Å². The topological polar surface area (TPSA) is 89.0 Å². The summed E-state index contributed by atoms with van der Waals surface area (Å²) in [6.45, 7) is 4.13. The summed E-state index contributed by atoms with van der Waals surface area (Å²) >= 11 is 6.20. The van der Waals surface area contributed by atoms with Crippen molar-refractivity contribution >= 4 is 17.5 Å². The normalized spacial score (nSPS) is 20.6. The van der Waals surface area contributed by atoms with E-state index < -0.39 is 5.60 Å². The lowest BCUT2D eigenvalue weighted by Crippen LogP contribution is -2.45. The van der Waals surface area contributed by atoms with Gasteiger partial charge in [0, 0.05) is 20.1 Å². The minimum Gasteiger partial charge on any atom is -0.368 e. The molecule has 2 aromatic heterocycles. The third-order valence-corrected chi connectivity index (χ3v) is 4.15. The van der Waals surface area contributed by atoms with E-state index in [2.05, 4.69) is 25.6 Å². The summed E-state index contributed by atoms with van der Waals surface area (Å²) in [4.78, 5) is 24.2. The summed E-state index contributed by atoms with van der Waals surface area (Å²) in [7, 11) is 1.55. The fourth-order valence-electron chi connectivity index (χ4n) is 2.59. The molecule has 24 heavy (non-hydrogen) atoms. The summed E-state index contributed by atoms with van der Waals surface area (Å²) in [6, 6.07) is 5.26. The number of hydrogen-bond acceptors (Lipinski definition) is 6. The van der Waals surface area contributed by atoms with Gasteiger partial charge in [-0.25, -0.2) is 15.0 Å². The van der Waals surface area contributed by atoms with Crippen molar-refractivity contribution in [3.05, 3.63) is 40.9 Å². The quantitative estimate of drug-likeness (QED) is 0.816. The summed E-state index contributed by atoms with van der Waals surface area (Å²) in [6.07, 6.45) is 1.34. The largest absolute Gasteiger partial charge is 0.368 e. The molecule has 1 aliphatic rings. The molecule has 1 fully saturated rings.